The van der Waals surface area contributed by atoms with Crippen LogP contribution in [0.4, 0.5) is 0 Å². The Morgan fingerprint density at radius 2 is 1.60 bits per heavy atom. The number of benzene rings is 3. The molecule has 0 bridgehead atoms. The zero-order valence-corrected chi connectivity index (χ0v) is 19.5. The van der Waals surface area contributed by atoms with Crippen molar-refractivity contribution in [2.75, 3.05) is 13.2 Å². The molecule has 0 aromatic heterocycles. The summed E-state index contributed by atoms with van der Waals surface area (Å²) in [4.78, 5) is 37.5. The van der Waals surface area contributed by atoms with Crippen molar-refractivity contribution in [1.29, 1.82) is 0 Å². The average molecular weight is 468 g/mol. The molecule has 4 rings (SSSR count). The summed E-state index contributed by atoms with van der Waals surface area (Å²) < 4.78 is 5.10. The van der Waals surface area contributed by atoms with Crippen LogP contribution in [-0.2, 0) is 20.7 Å². The number of fused-ring (bicyclic) bond motifs is 1. The Kier molecular flexibility index (Phi) is 8.14. The van der Waals surface area contributed by atoms with Crippen LogP contribution in [0.2, 0.25) is 0 Å². The van der Waals surface area contributed by atoms with E-state index in [-0.39, 0.29) is 19.1 Å². The fraction of sp³-hybridized carbons (Fsp3) is 0.172. The number of carbonyl (C=O) groups is 3. The van der Waals surface area contributed by atoms with E-state index < -0.39 is 17.9 Å². The number of ether oxygens (including phenoxy) is 1. The summed E-state index contributed by atoms with van der Waals surface area (Å²) in [6.45, 7) is 1.68. The SMILES string of the molecule is CCOC(=O)[C@H](Cc1ccccc1)NC(=O)CNC(=O)c1ccc2cc([C]3[CH][CH][CH][CH]3)ccc2c1. The number of hydrogen-bond acceptors (Lipinski definition) is 4. The lowest BCUT2D eigenvalue weighted by Crippen LogP contribution is -2.47. The zero-order chi connectivity index (χ0) is 24.6. The fourth-order valence-electron chi connectivity index (χ4n) is 3.93. The van der Waals surface area contributed by atoms with Gasteiger partial charge in [0, 0.05) is 17.9 Å². The number of hydrogen-bond donors (Lipinski definition) is 2. The van der Waals surface area contributed by atoms with Crippen LogP contribution in [0.5, 0.6) is 0 Å². The molecule has 2 amide bonds. The molecule has 0 saturated heterocycles. The fourth-order valence-corrected chi connectivity index (χ4v) is 3.93. The summed E-state index contributed by atoms with van der Waals surface area (Å²) in [6.07, 6.45) is 8.41. The van der Waals surface area contributed by atoms with Crippen molar-refractivity contribution < 1.29 is 19.1 Å². The third-order valence-corrected chi connectivity index (χ3v) is 5.70. The molecule has 35 heavy (non-hydrogen) atoms. The average Bonchev–Trinajstić information content (AvgIpc) is 3.42. The van der Waals surface area contributed by atoms with Crippen molar-refractivity contribution in [3.05, 3.63) is 115 Å². The molecule has 5 radical (unpaired) electrons. The van der Waals surface area contributed by atoms with Gasteiger partial charge in [-0.1, -0.05) is 54.6 Å². The minimum atomic E-state index is -0.834. The standard InChI is InChI=1S/C29H27N2O4/c1-2-35-29(34)26(16-20-8-4-3-5-9-20)31-27(32)19-30-28(33)25-15-14-23-17-22(12-13-24(23)18-25)21-10-6-7-11-21/h3-15,17-18,26H,2,16,19H2,1H3,(H,30,33)(H,31,32)/t26-/m0/s1. The van der Waals surface area contributed by atoms with Crippen LogP contribution in [0.1, 0.15) is 28.4 Å². The van der Waals surface area contributed by atoms with Crippen molar-refractivity contribution >= 4 is 28.6 Å². The monoisotopic (exact) mass is 467 g/mol. The number of nitrogens with one attached hydrogen (secondary N) is 2. The van der Waals surface area contributed by atoms with Gasteiger partial charge in [-0.15, -0.1) is 0 Å². The predicted octanol–water partition coefficient (Wildman–Crippen LogP) is 3.61. The highest BCUT2D eigenvalue weighted by molar-refractivity contribution is 6.00. The second-order valence-corrected chi connectivity index (χ2v) is 8.19. The molecular formula is C29H27N2O4. The Morgan fingerprint density at radius 1 is 0.886 bits per heavy atom. The van der Waals surface area contributed by atoms with Gasteiger partial charge in [-0.05, 0) is 66.6 Å². The smallest absolute Gasteiger partial charge is 0.328 e. The lowest BCUT2D eigenvalue weighted by Gasteiger charge is -2.17. The second kappa shape index (κ2) is 11.6. The summed E-state index contributed by atoms with van der Waals surface area (Å²) in [5.74, 6) is -0.190. The van der Waals surface area contributed by atoms with Crippen molar-refractivity contribution in [2.45, 2.75) is 19.4 Å². The first-order valence-electron chi connectivity index (χ1n) is 11.6. The topological polar surface area (TPSA) is 84.5 Å². The van der Waals surface area contributed by atoms with Crippen molar-refractivity contribution in [1.82, 2.24) is 10.6 Å². The van der Waals surface area contributed by atoms with Crippen LogP contribution in [0.15, 0.2) is 66.7 Å². The minimum absolute atomic E-state index is 0.215. The summed E-state index contributed by atoms with van der Waals surface area (Å²) >= 11 is 0. The molecule has 0 unspecified atom stereocenters. The van der Waals surface area contributed by atoms with Gasteiger partial charge >= 0.3 is 5.97 Å². The summed E-state index contributed by atoms with van der Waals surface area (Å²) in [7, 11) is 0. The van der Waals surface area contributed by atoms with E-state index in [2.05, 4.69) is 29.5 Å². The molecular weight excluding hydrogens is 440 g/mol. The largest absolute Gasteiger partial charge is 0.464 e. The maximum absolute atomic E-state index is 12.7. The predicted molar refractivity (Wildman–Crippen MR) is 135 cm³/mol. The Bertz CT molecular complexity index is 1190. The highest BCUT2D eigenvalue weighted by Crippen LogP contribution is 2.31. The van der Waals surface area contributed by atoms with Crippen LogP contribution in [-0.4, -0.2) is 37.0 Å². The minimum Gasteiger partial charge on any atom is -0.464 e. The van der Waals surface area contributed by atoms with E-state index in [0.29, 0.717) is 12.0 Å². The van der Waals surface area contributed by atoms with Gasteiger partial charge in [-0.3, -0.25) is 9.59 Å². The number of amides is 2. The van der Waals surface area contributed by atoms with Gasteiger partial charge in [-0.2, -0.15) is 0 Å². The molecule has 3 aromatic rings. The summed E-state index contributed by atoms with van der Waals surface area (Å²) in [6, 6.07) is 20.1. The highest BCUT2D eigenvalue weighted by Gasteiger charge is 2.23. The molecule has 1 aliphatic rings. The molecule has 1 atom stereocenters. The van der Waals surface area contributed by atoms with E-state index in [9.17, 15) is 14.4 Å². The van der Waals surface area contributed by atoms with Gasteiger partial charge < -0.3 is 15.4 Å². The molecule has 1 saturated carbocycles. The van der Waals surface area contributed by atoms with Crippen LogP contribution in [0.25, 0.3) is 10.8 Å². The first-order valence-corrected chi connectivity index (χ1v) is 11.6. The first kappa shape index (κ1) is 24.5. The normalized spacial score (nSPS) is 14.4. The van der Waals surface area contributed by atoms with Crippen LogP contribution in [0, 0.1) is 31.6 Å². The summed E-state index contributed by atoms with van der Waals surface area (Å²) in [5.41, 5.74) is 2.47. The number of esters is 1. The molecule has 6 heteroatoms. The van der Waals surface area contributed by atoms with Gasteiger partial charge in [0.05, 0.1) is 13.2 Å². The van der Waals surface area contributed by atoms with Crippen molar-refractivity contribution in [3.8, 4) is 0 Å². The Hall–Kier alpha value is -3.67. The Morgan fingerprint density at radius 3 is 2.34 bits per heavy atom. The molecule has 0 spiro atoms. The third-order valence-electron chi connectivity index (χ3n) is 5.70. The van der Waals surface area contributed by atoms with Gasteiger partial charge in [0.1, 0.15) is 6.04 Å². The third kappa shape index (κ3) is 6.47. The van der Waals surface area contributed by atoms with E-state index in [1.807, 2.05) is 61.4 Å². The molecule has 0 aliphatic heterocycles. The quantitative estimate of drug-likeness (QED) is 0.471. The van der Waals surface area contributed by atoms with Gasteiger partial charge in [0.25, 0.3) is 5.91 Å². The van der Waals surface area contributed by atoms with Gasteiger partial charge in [0.15, 0.2) is 0 Å². The van der Waals surface area contributed by atoms with Crippen LogP contribution < -0.4 is 10.6 Å². The van der Waals surface area contributed by atoms with Crippen LogP contribution >= 0.6 is 0 Å². The van der Waals surface area contributed by atoms with Gasteiger partial charge in [0.2, 0.25) is 5.91 Å². The van der Waals surface area contributed by atoms with E-state index in [1.54, 1.807) is 19.1 Å². The molecule has 0 heterocycles. The zero-order valence-electron chi connectivity index (χ0n) is 19.5. The first-order chi connectivity index (χ1) is 17.0. The van der Waals surface area contributed by atoms with E-state index >= 15 is 0 Å². The van der Waals surface area contributed by atoms with E-state index in [0.717, 1.165) is 27.8 Å². The molecule has 3 aromatic carbocycles. The van der Waals surface area contributed by atoms with Gasteiger partial charge in [-0.25, -0.2) is 4.79 Å². The maximum Gasteiger partial charge on any atom is 0.328 e. The molecule has 1 fully saturated rings. The molecule has 6 nitrogen and oxygen atoms in total. The summed E-state index contributed by atoms with van der Waals surface area (Å²) in [5, 5.41) is 7.27. The van der Waals surface area contributed by atoms with Crippen LogP contribution in [0.3, 0.4) is 0 Å². The highest BCUT2D eigenvalue weighted by atomic mass is 16.5. The molecule has 1 aliphatic carbocycles. The second-order valence-electron chi connectivity index (χ2n) is 8.19. The van der Waals surface area contributed by atoms with Crippen molar-refractivity contribution in [2.24, 2.45) is 0 Å². The van der Waals surface area contributed by atoms with Crippen molar-refractivity contribution in [3.63, 3.8) is 0 Å². The van der Waals surface area contributed by atoms with E-state index in [1.165, 1.54) is 0 Å². The van der Waals surface area contributed by atoms with E-state index in [4.69, 9.17) is 4.74 Å². The molecule has 177 valence electrons. The maximum atomic E-state index is 12.7. The Balaban J connectivity index is 1.35. The number of carbonyl (C=O) groups excluding carboxylic acids is 3. The number of rotatable bonds is 9. The molecule has 2 N–H and O–H groups in total. The Labute approximate surface area is 206 Å². The lowest BCUT2D eigenvalue weighted by molar-refractivity contribution is -0.147. The lowest BCUT2D eigenvalue weighted by atomic mass is 9.94.